The molecule has 1 aromatic rings. The molecule has 17 heavy (non-hydrogen) atoms. The highest BCUT2D eigenvalue weighted by Crippen LogP contribution is 2.19. The van der Waals surface area contributed by atoms with Gasteiger partial charge in [0.2, 0.25) is 0 Å². The molecule has 0 amide bonds. The predicted molar refractivity (Wildman–Crippen MR) is 69.8 cm³/mol. The molecule has 0 heterocycles. The highest BCUT2D eigenvalue weighted by molar-refractivity contribution is 5.24. The Morgan fingerprint density at radius 2 is 1.59 bits per heavy atom. The summed E-state index contributed by atoms with van der Waals surface area (Å²) in [7, 11) is 0. The molecule has 0 radical (unpaired) electrons. The van der Waals surface area contributed by atoms with E-state index in [2.05, 4.69) is 12.1 Å². The van der Waals surface area contributed by atoms with Gasteiger partial charge in [-0.05, 0) is 32.8 Å². The van der Waals surface area contributed by atoms with Crippen molar-refractivity contribution in [3.05, 3.63) is 35.4 Å². The van der Waals surface area contributed by atoms with Crippen LogP contribution in [0.5, 0.6) is 0 Å². The first-order chi connectivity index (χ1) is 8.17. The van der Waals surface area contributed by atoms with E-state index in [4.69, 9.17) is 15.2 Å². The van der Waals surface area contributed by atoms with Crippen LogP contribution < -0.4 is 5.73 Å². The smallest absolute Gasteiger partial charge is 0.183 e. The second kappa shape index (κ2) is 7.43. The second-order valence-electron chi connectivity index (χ2n) is 4.17. The summed E-state index contributed by atoms with van der Waals surface area (Å²) in [5.41, 5.74) is 8.07. The van der Waals surface area contributed by atoms with E-state index in [1.807, 2.05) is 32.9 Å². The van der Waals surface area contributed by atoms with Crippen LogP contribution in [0.2, 0.25) is 0 Å². The van der Waals surface area contributed by atoms with Crippen molar-refractivity contribution >= 4 is 0 Å². The van der Waals surface area contributed by atoms with Crippen LogP contribution in [0.4, 0.5) is 0 Å². The largest absolute Gasteiger partial charge is 0.349 e. The van der Waals surface area contributed by atoms with E-state index in [9.17, 15) is 0 Å². The summed E-state index contributed by atoms with van der Waals surface area (Å²) in [6, 6.07) is 8.46. The minimum Gasteiger partial charge on any atom is -0.349 e. The van der Waals surface area contributed by atoms with Crippen LogP contribution in [0, 0.1) is 0 Å². The Bertz CT molecular complexity index is 303. The van der Waals surface area contributed by atoms with E-state index in [1.54, 1.807) is 0 Å². The fourth-order valence-electron chi connectivity index (χ4n) is 1.73. The lowest BCUT2D eigenvalue weighted by Crippen LogP contribution is -2.17. The summed E-state index contributed by atoms with van der Waals surface area (Å²) in [5.74, 6) is 0. The first kappa shape index (κ1) is 14.2. The molecule has 1 atom stereocenters. The Kier molecular flexibility index (Phi) is 6.19. The minimum absolute atomic E-state index is 0.190. The number of benzene rings is 1. The summed E-state index contributed by atoms with van der Waals surface area (Å²) >= 11 is 0. The lowest BCUT2D eigenvalue weighted by Gasteiger charge is -2.17. The maximum Gasteiger partial charge on any atom is 0.183 e. The maximum atomic E-state index is 5.77. The number of hydrogen-bond acceptors (Lipinski definition) is 3. The Labute approximate surface area is 104 Å². The molecule has 0 aliphatic rings. The molecule has 3 nitrogen and oxygen atoms in total. The zero-order chi connectivity index (χ0) is 12.7. The summed E-state index contributed by atoms with van der Waals surface area (Å²) in [5, 5.41) is 0. The highest BCUT2D eigenvalue weighted by Gasteiger charge is 2.10. The van der Waals surface area contributed by atoms with Crippen LogP contribution in [0.25, 0.3) is 0 Å². The quantitative estimate of drug-likeness (QED) is 0.741. The Morgan fingerprint density at radius 1 is 1.06 bits per heavy atom. The van der Waals surface area contributed by atoms with E-state index in [0.717, 1.165) is 12.0 Å². The van der Waals surface area contributed by atoms with Gasteiger partial charge in [-0.1, -0.05) is 24.3 Å². The average Bonchev–Trinajstić information content (AvgIpc) is 2.29. The predicted octanol–water partition coefficient (Wildman–Crippen LogP) is 2.65. The Hall–Kier alpha value is -0.900. The number of ether oxygens (including phenoxy) is 2. The Balaban J connectivity index is 2.69. The first-order valence-electron chi connectivity index (χ1n) is 6.25. The van der Waals surface area contributed by atoms with Gasteiger partial charge in [-0.3, -0.25) is 0 Å². The van der Waals surface area contributed by atoms with Gasteiger partial charge in [-0.2, -0.15) is 0 Å². The van der Waals surface area contributed by atoms with E-state index in [1.165, 1.54) is 5.56 Å². The molecular weight excluding hydrogens is 214 g/mol. The third-order valence-corrected chi connectivity index (χ3v) is 2.45. The molecule has 0 aromatic heterocycles. The van der Waals surface area contributed by atoms with Crippen molar-refractivity contribution in [3.8, 4) is 0 Å². The molecule has 1 aromatic carbocycles. The van der Waals surface area contributed by atoms with E-state index in [0.29, 0.717) is 13.2 Å². The zero-order valence-electron chi connectivity index (χ0n) is 11.0. The van der Waals surface area contributed by atoms with E-state index >= 15 is 0 Å². The molecule has 0 bridgehead atoms. The van der Waals surface area contributed by atoms with Gasteiger partial charge in [-0.25, -0.2) is 0 Å². The highest BCUT2D eigenvalue weighted by atomic mass is 16.7. The van der Waals surface area contributed by atoms with Crippen molar-refractivity contribution < 1.29 is 9.47 Å². The molecule has 2 N–H and O–H groups in total. The monoisotopic (exact) mass is 237 g/mol. The van der Waals surface area contributed by atoms with Crippen molar-refractivity contribution in [2.24, 2.45) is 5.73 Å². The van der Waals surface area contributed by atoms with Gasteiger partial charge in [0.1, 0.15) is 0 Å². The van der Waals surface area contributed by atoms with Crippen LogP contribution in [0.1, 0.15) is 38.2 Å². The third kappa shape index (κ3) is 4.86. The SMILES string of the molecule is CCOC(OCC)c1ccc(CC(C)N)cc1. The number of hydrogen-bond donors (Lipinski definition) is 1. The summed E-state index contributed by atoms with van der Waals surface area (Å²) in [6.45, 7) is 7.24. The van der Waals surface area contributed by atoms with Gasteiger partial charge >= 0.3 is 0 Å². The molecule has 0 fully saturated rings. The minimum atomic E-state index is -0.255. The van der Waals surface area contributed by atoms with Crippen molar-refractivity contribution in [1.29, 1.82) is 0 Å². The first-order valence-corrected chi connectivity index (χ1v) is 6.25. The lowest BCUT2D eigenvalue weighted by atomic mass is 10.1. The van der Waals surface area contributed by atoms with Crippen LogP contribution >= 0.6 is 0 Å². The maximum absolute atomic E-state index is 5.77. The second-order valence-corrected chi connectivity index (χ2v) is 4.17. The Morgan fingerprint density at radius 3 is 2.00 bits per heavy atom. The van der Waals surface area contributed by atoms with Gasteiger partial charge in [0.25, 0.3) is 0 Å². The molecule has 0 saturated carbocycles. The standard InChI is InChI=1S/C14H23NO2/c1-4-16-14(17-5-2)13-8-6-12(7-9-13)10-11(3)15/h6-9,11,14H,4-5,10,15H2,1-3H3. The molecule has 96 valence electrons. The van der Waals surface area contributed by atoms with Crippen molar-refractivity contribution in [2.75, 3.05) is 13.2 Å². The van der Waals surface area contributed by atoms with Crippen molar-refractivity contribution in [2.45, 2.75) is 39.5 Å². The number of rotatable bonds is 7. The van der Waals surface area contributed by atoms with Crippen LogP contribution in [-0.4, -0.2) is 19.3 Å². The van der Waals surface area contributed by atoms with Crippen molar-refractivity contribution in [1.82, 2.24) is 0 Å². The summed E-state index contributed by atoms with van der Waals surface area (Å²) < 4.78 is 11.1. The fraction of sp³-hybridized carbons (Fsp3) is 0.571. The molecule has 0 saturated heterocycles. The van der Waals surface area contributed by atoms with E-state index < -0.39 is 0 Å². The molecule has 0 aliphatic heterocycles. The topological polar surface area (TPSA) is 44.5 Å². The molecule has 0 aliphatic carbocycles. The van der Waals surface area contributed by atoms with Gasteiger partial charge in [0.15, 0.2) is 6.29 Å². The lowest BCUT2D eigenvalue weighted by molar-refractivity contribution is -0.140. The number of nitrogens with two attached hydrogens (primary N) is 1. The van der Waals surface area contributed by atoms with Gasteiger partial charge in [0, 0.05) is 24.8 Å². The van der Waals surface area contributed by atoms with Crippen LogP contribution in [0.3, 0.4) is 0 Å². The van der Waals surface area contributed by atoms with Gasteiger partial charge in [-0.15, -0.1) is 0 Å². The molecule has 1 rings (SSSR count). The fourth-order valence-corrected chi connectivity index (χ4v) is 1.73. The normalized spacial score (nSPS) is 13.0. The molecule has 1 unspecified atom stereocenters. The van der Waals surface area contributed by atoms with Crippen LogP contribution in [0.15, 0.2) is 24.3 Å². The third-order valence-electron chi connectivity index (χ3n) is 2.45. The zero-order valence-corrected chi connectivity index (χ0v) is 11.0. The van der Waals surface area contributed by atoms with Crippen LogP contribution in [-0.2, 0) is 15.9 Å². The molecule has 3 heteroatoms. The van der Waals surface area contributed by atoms with Gasteiger partial charge in [0.05, 0.1) is 0 Å². The van der Waals surface area contributed by atoms with Gasteiger partial charge < -0.3 is 15.2 Å². The molecular formula is C14H23NO2. The molecule has 0 spiro atoms. The summed E-state index contributed by atoms with van der Waals surface area (Å²) in [4.78, 5) is 0. The van der Waals surface area contributed by atoms with Crippen molar-refractivity contribution in [3.63, 3.8) is 0 Å². The average molecular weight is 237 g/mol. The summed E-state index contributed by atoms with van der Waals surface area (Å²) in [6.07, 6.45) is 0.642. The van der Waals surface area contributed by atoms with E-state index in [-0.39, 0.29) is 12.3 Å².